The first-order valence-electron chi connectivity index (χ1n) is 25.5. The molecule has 0 amide bonds. The van der Waals surface area contributed by atoms with E-state index in [1.54, 1.807) is 0 Å². The van der Waals surface area contributed by atoms with Gasteiger partial charge in [-0.25, -0.2) is 0 Å². The van der Waals surface area contributed by atoms with Gasteiger partial charge in [0.25, 0.3) is 0 Å². The van der Waals surface area contributed by atoms with Crippen LogP contribution in [-0.4, -0.2) is 4.57 Å². The molecule has 0 spiro atoms. The zero-order chi connectivity index (χ0) is 48.7. The van der Waals surface area contributed by atoms with E-state index in [4.69, 9.17) is 4.42 Å². The number of hydrogen-bond donors (Lipinski definition) is 0. The molecule has 0 bridgehead atoms. The first kappa shape index (κ1) is 42.0. The molecule has 15 rings (SSSR count). The van der Waals surface area contributed by atoms with Crippen molar-refractivity contribution >= 4 is 71.6 Å². The van der Waals surface area contributed by atoms with Gasteiger partial charge in [-0.15, -0.1) is 0 Å². The van der Waals surface area contributed by atoms with Gasteiger partial charge < -0.3 is 13.9 Å². The summed E-state index contributed by atoms with van der Waals surface area (Å²) in [6, 6.07) is 102. The van der Waals surface area contributed by atoms with Crippen molar-refractivity contribution in [3.05, 3.63) is 301 Å². The lowest BCUT2D eigenvalue weighted by Gasteiger charge is -2.35. The molecular weight excluding hydrogens is 897 g/mol. The van der Waals surface area contributed by atoms with Crippen LogP contribution in [0.1, 0.15) is 22.3 Å². The summed E-state index contributed by atoms with van der Waals surface area (Å²) in [6.07, 6.45) is 0. The molecule has 14 aromatic rings. The molecule has 3 nitrogen and oxygen atoms in total. The first-order chi connectivity index (χ1) is 36.7. The largest absolute Gasteiger partial charge is 0.455 e. The third-order valence-electron chi connectivity index (χ3n) is 15.6. The number of furan rings is 1. The molecule has 0 fully saturated rings. The predicted octanol–water partition coefficient (Wildman–Crippen LogP) is 19.0. The van der Waals surface area contributed by atoms with Gasteiger partial charge >= 0.3 is 0 Å². The summed E-state index contributed by atoms with van der Waals surface area (Å²) in [6.45, 7) is 0. The highest BCUT2D eigenvalue weighted by molar-refractivity contribution is 6.19. The summed E-state index contributed by atoms with van der Waals surface area (Å²) < 4.78 is 9.10. The number of aromatic nitrogens is 1. The van der Waals surface area contributed by atoms with E-state index >= 15 is 0 Å². The predicted molar refractivity (Wildman–Crippen MR) is 308 cm³/mol. The Balaban J connectivity index is 0.914. The normalized spacial score (nSPS) is 12.7. The lowest BCUT2D eigenvalue weighted by molar-refractivity contribution is 0.673. The smallest absolute Gasteiger partial charge is 0.143 e. The molecule has 3 heteroatoms. The Morgan fingerprint density at radius 2 is 0.932 bits per heavy atom. The molecule has 0 saturated carbocycles. The van der Waals surface area contributed by atoms with Crippen LogP contribution >= 0.6 is 0 Å². The molecule has 346 valence electrons. The van der Waals surface area contributed by atoms with Gasteiger partial charge in [0, 0.05) is 49.7 Å². The van der Waals surface area contributed by atoms with Crippen molar-refractivity contribution in [2.24, 2.45) is 0 Å². The van der Waals surface area contributed by atoms with Crippen molar-refractivity contribution in [3.8, 4) is 39.1 Å². The SMILES string of the molecule is c1ccc(C2(c3ccccc3)c3ccccc3-c3ccc(N(c4ccc(-c5cccc(-n6c7ccccc7c7ccccc76)c5)cc4)c4cccc(-c5cccc6oc7c8ccccc8ccc7c56)c4)cc32)cc1. The van der Waals surface area contributed by atoms with Crippen LogP contribution < -0.4 is 4.90 Å². The summed E-state index contributed by atoms with van der Waals surface area (Å²) in [4.78, 5) is 2.44. The zero-order valence-electron chi connectivity index (χ0n) is 40.4. The summed E-state index contributed by atoms with van der Waals surface area (Å²) in [7, 11) is 0. The fourth-order valence-corrected chi connectivity index (χ4v) is 12.5. The van der Waals surface area contributed by atoms with E-state index in [1.807, 2.05) is 0 Å². The highest BCUT2D eigenvalue weighted by atomic mass is 16.3. The number of para-hydroxylation sites is 2. The number of nitrogens with zero attached hydrogens (tertiary/aromatic N) is 2. The van der Waals surface area contributed by atoms with Gasteiger partial charge in [0.15, 0.2) is 0 Å². The number of rotatable bonds is 8. The van der Waals surface area contributed by atoms with Crippen LogP contribution in [0.25, 0.3) is 93.6 Å². The van der Waals surface area contributed by atoms with Crippen LogP contribution in [0.3, 0.4) is 0 Å². The number of anilines is 3. The highest BCUT2D eigenvalue weighted by Gasteiger charge is 2.46. The molecule has 0 saturated heterocycles. The molecule has 12 aromatic carbocycles. The van der Waals surface area contributed by atoms with E-state index in [9.17, 15) is 0 Å². The highest BCUT2D eigenvalue weighted by Crippen LogP contribution is 2.57. The van der Waals surface area contributed by atoms with Crippen molar-refractivity contribution in [1.82, 2.24) is 4.57 Å². The second-order valence-electron chi connectivity index (χ2n) is 19.6. The average molecular weight is 943 g/mol. The van der Waals surface area contributed by atoms with Crippen molar-refractivity contribution in [2.45, 2.75) is 5.41 Å². The van der Waals surface area contributed by atoms with Gasteiger partial charge in [-0.2, -0.15) is 0 Å². The van der Waals surface area contributed by atoms with Crippen LogP contribution in [0.15, 0.2) is 283 Å². The monoisotopic (exact) mass is 942 g/mol. The maximum absolute atomic E-state index is 6.71. The Kier molecular flexibility index (Phi) is 9.48. The third kappa shape index (κ3) is 6.33. The summed E-state index contributed by atoms with van der Waals surface area (Å²) >= 11 is 0. The Labute approximate surface area is 429 Å². The van der Waals surface area contributed by atoms with Crippen LogP contribution in [0.2, 0.25) is 0 Å². The summed E-state index contributed by atoms with van der Waals surface area (Å²) in [5.41, 5.74) is 20.1. The third-order valence-corrected chi connectivity index (χ3v) is 15.6. The number of hydrogen-bond acceptors (Lipinski definition) is 2. The average Bonchev–Trinajstić information content (AvgIpc) is 4.14. The maximum atomic E-state index is 6.71. The standard InChI is InChI=1S/C71H46N2O/c1-3-21-51(22-4-1)71(52-23-5-2-6-24-52)64-32-12-9-28-59(64)60-43-41-56(46-65(60)71)72(54-25-16-20-50(45-54)57-31-17-35-68-69(57)63-42-38-48-18-7-8-27-58(48)70(63)74-68)53-39-36-47(37-40-53)49-19-15-26-55(44-49)73-66-33-13-10-29-61(66)62-30-11-14-34-67(62)73/h1-46H. The number of benzene rings is 12. The lowest BCUT2D eigenvalue weighted by Crippen LogP contribution is -2.28. The Bertz CT molecular complexity index is 4390. The van der Waals surface area contributed by atoms with Crippen molar-refractivity contribution in [3.63, 3.8) is 0 Å². The Morgan fingerprint density at radius 1 is 0.338 bits per heavy atom. The van der Waals surface area contributed by atoms with Crippen molar-refractivity contribution in [2.75, 3.05) is 4.90 Å². The van der Waals surface area contributed by atoms with Crippen LogP contribution in [0.5, 0.6) is 0 Å². The molecule has 2 heterocycles. The quantitative estimate of drug-likeness (QED) is 0.151. The van der Waals surface area contributed by atoms with Crippen molar-refractivity contribution < 1.29 is 4.42 Å². The Morgan fingerprint density at radius 3 is 1.70 bits per heavy atom. The van der Waals surface area contributed by atoms with E-state index in [1.165, 1.54) is 60.6 Å². The molecule has 0 N–H and O–H groups in total. The van der Waals surface area contributed by atoms with Gasteiger partial charge in [0.2, 0.25) is 0 Å². The molecule has 1 aliphatic rings. The topological polar surface area (TPSA) is 21.3 Å². The number of fused-ring (bicyclic) bond motifs is 11. The zero-order valence-corrected chi connectivity index (χ0v) is 40.4. The lowest BCUT2D eigenvalue weighted by atomic mass is 9.67. The minimum atomic E-state index is -0.550. The van der Waals surface area contributed by atoms with E-state index in [2.05, 4.69) is 289 Å². The summed E-state index contributed by atoms with van der Waals surface area (Å²) in [5.74, 6) is 0. The fraction of sp³-hybridized carbons (Fsp3) is 0.0141. The molecule has 1 aliphatic carbocycles. The molecule has 0 aliphatic heterocycles. The van der Waals surface area contributed by atoms with E-state index in [0.717, 1.165) is 72.3 Å². The Hall–Kier alpha value is -9.70. The van der Waals surface area contributed by atoms with Gasteiger partial charge in [-0.3, -0.25) is 0 Å². The molecular formula is C71H46N2O. The fourth-order valence-electron chi connectivity index (χ4n) is 12.5. The molecule has 0 radical (unpaired) electrons. The maximum Gasteiger partial charge on any atom is 0.143 e. The van der Waals surface area contributed by atoms with E-state index in [-0.39, 0.29) is 0 Å². The van der Waals surface area contributed by atoms with E-state index < -0.39 is 5.41 Å². The molecule has 74 heavy (non-hydrogen) atoms. The summed E-state index contributed by atoms with van der Waals surface area (Å²) in [5, 5.41) is 7.04. The van der Waals surface area contributed by atoms with Crippen molar-refractivity contribution in [1.29, 1.82) is 0 Å². The second-order valence-corrected chi connectivity index (χ2v) is 19.6. The second kappa shape index (κ2) is 16.7. The molecule has 0 atom stereocenters. The van der Waals surface area contributed by atoms with Gasteiger partial charge in [0.05, 0.1) is 16.4 Å². The van der Waals surface area contributed by atoms with Crippen LogP contribution in [-0.2, 0) is 5.41 Å². The molecule has 2 aromatic heterocycles. The van der Waals surface area contributed by atoms with Crippen LogP contribution in [0, 0.1) is 0 Å². The minimum Gasteiger partial charge on any atom is -0.455 e. The first-order valence-corrected chi connectivity index (χ1v) is 25.5. The minimum absolute atomic E-state index is 0.550. The van der Waals surface area contributed by atoms with E-state index in [0.29, 0.717) is 0 Å². The van der Waals surface area contributed by atoms with Gasteiger partial charge in [-0.05, 0) is 134 Å². The van der Waals surface area contributed by atoms with Gasteiger partial charge in [0.1, 0.15) is 11.2 Å². The van der Waals surface area contributed by atoms with Crippen LogP contribution in [0.4, 0.5) is 17.1 Å². The molecule has 0 unspecified atom stereocenters. The van der Waals surface area contributed by atoms with Gasteiger partial charge in [-0.1, -0.05) is 206 Å².